The molecule has 0 radical (unpaired) electrons. The molecule has 0 saturated carbocycles. The van der Waals surface area contributed by atoms with Gasteiger partial charge in [0.1, 0.15) is 17.1 Å². The molecule has 5 rings (SSSR count). The molecule has 2 aromatic carbocycles. The third-order valence-corrected chi connectivity index (χ3v) is 7.71. The van der Waals surface area contributed by atoms with Crippen molar-refractivity contribution in [3.8, 4) is 0 Å². The summed E-state index contributed by atoms with van der Waals surface area (Å²) in [6, 6.07) is 34.2. The van der Waals surface area contributed by atoms with Crippen LogP contribution in [0.5, 0.6) is 0 Å². The molecule has 0 atom stereocenters. The molecule has 0 aliphatic rings. The van der Waals surface area contributed by atoms with E-state index < -0.39 is 23.4 Å². The normalized spacial score (nSPS) is 11.3. The minimum Gasteiger partial charge on any atom is -0.477 e. The maximum atomic E-state index is 11.9. The second-order valence-corrected chi connectivity index (χ2v) is 11.0. The summed E-state index contributed by atoms with van der Waals surface area (Å²) in [7, 11) is 0. The summed E-state index contributed by atoms with van der Waals surface area (Å²) in [6.07, 6.45) is 0.642. The summed E-state index contributed by atoms with van der Waals surface area (Å²) in [6.45, 7) is 0.900. The number of hydrogen-bond acceptors (Lipinski definition) is 7. The Morgan fingerprint density at radius 3 is 1.11 bits per heavy atom. The van der Waals surface area contributed by atoms with Crippen LogP contribution in [0.3, 0.4) is 0 Å². The molecule has 3 heterocycles. The summed E-state index contributed by atoms with van der Waals surface area (Å²) in [5, 5.41) is 29.2. The first kappa shape index (κ1) is 31.7. The third kappa shape index (κ3) is 8.04. The zero-order valence-corrected chi connectivity index (χ0v) is 24.9. The molecule has 10 nitrogen and oxygen atoms in total. The van der Waals surface area contributed by atoms with Gasteiger partial charge in [-0.2, -0.15) is 0 Å². The van der Waals surface area contributed by atoms with E-state index >= 15 is 0 Å². The molecule has 0 unspecified atom stereocenters. The number of rotatable bonds is 14. The van der Waals surface area contributed by atoms with Gasteiger partial charge in [-0.3, -0.25) is 4.90 Å². The third-order valence-electron chi connectivity index (χ3n) is 7.71. The van der Waals surface area contributed by atoms with E-state index in [1.165, 1.54) is 18.2 Å². The van der Waals surface area contributed by atoms with Crippen molar-refractivity contribution in [3.05, 3.63) is 161 Å². The van der Waals surface area contributed by atoms with Crippen molar-refractivity contribution in [3.63, 3.8) is 0 Å². The zero-order valence-electron chi connectivity index (χ0n) is 24.9. The number of benzene rings is 2. The molecule has 0 saturated heterocycles. The average Bonchev–Trinajstić information content (AvgIpc) is 3.05. The number of pyridine rings is 3. The zero-order chi connectivity index (χ0) is 32.5. The van der Waals surface area contributed by atoms with Gasteiger partial charge in [-0.05, 0) is 47.5 Å². The van der Waals surface area contributed by atoms with Gasteiger partial charge in [-0.1, -0.05) is 78.9 Å². The molecular formula is C36H32N4O6. The number of aromatic carboxylic acids is 3. The molecule has 5 aromatic rings. The average molecular weight is 617 g/mol. The van der Waals surface area contributed by atoms with E-state index in [0.717, 1.165) is 11.1 Å². The quantitative estimate of drug-likeness (QED) is 0.147. The Labute approximate surface area is 265 Å². The van der Waals surface area contributed by atoms with E-state index in [0.29, 0.717) is 30.2 Å². The Morgan fingerprint density at radius 1 is 0.478 bits per heavy atom. The lowest BCUT2D eigenvalue weighted by Crippen LogP contribution is -2.53. The molecule has 232 valence electrons. The summed E-state index contributed by atoms with van der Waals surface area (Å²) < 4.78 is 0. The molecule has 0 fully saturated rings. The SMILES string of the molecule is O=C(O)c1cccc(CC(Cc2cccc(C(=O)O)n2)(Cc2cccc(C(=O)O)n2)N(Cc2ccccc2)Cc2ccccc2)n1. The summed E-state index contributed by atoms with van der Waals surface area (Å²) in [5.41, 5.74) is 2.22. The summed E-state index contributed by atoms with van der Waals surface area (Å²) in [4.78, 5) is 51.4. The van der Waals surface area contributed by atoms with Crippen molar-refractivity contribution < 1.29 is 29.7 Å². The standard InChI is InChI=1S/C36H32N4O6/c41-33(42)30-17-7-14-27(37-30)20-36(21-28-15-8-18-31(38-28)34(43)44,22-29-16-9-19-32(39-29)35(45)46)40(23-25-10-3-1-4-11-25)24-26-12-5-2-6-13-26/h1-19H,20-24H2,(H,41,42)(H,43,44)(H,45,46). The molecule has 0 amide bonds. The van der Waals surface area contributed by atoms with Crippen LogP contribution in [-0.2, 0) is 32.4 Å². The van der Waals surface area contributed by atoms with Crippen LogP contribution in [-0.4, -0.2) is 58.6 Å². The van der Waals surface area contributed by atoms with Gasteiger partial charge in [0.05, 0.1) is 0 Å². The minimum absolute atomic E-state index is 0.110. The number of aromatic nitrogens is 3. The monoisotopic (exact) mass is 616 g/mol. The molecule has 0 aliphatic heterocycles. The first-order valence-corrected chi connectivity index (χ1v) is 14.6. The molecule has 10 heteroatoms. The first-order valence-electron chi connectivity index (χ1n) is 14.6. The van der Waals surface area contributed by atoms with Gasteiger partial charge in [0, 0.05) is 55.0 Å². The number of nitrogens with zero attached hydrogens (tertiary/aromatic N) is 4. The van der Waals surface area contributed by atoms with Crippen LogP contribution < -0.4 is 0 Å². The van der Waals surface area contributed by atoms with Crippen LogP contribution in [0.4, 0.5) is 0 Å². The molecule has 3 aromatic heterocycles. The van der Waals surface area contributed by atoms with E-state index in [2.05, 4.69) is 19.9 Å². The maximum absolute atomic E-state index is 11.9. The van der Waals surface area contributed by atoms with Crippen molar-refractivity contribution in [2.24, 2.45) is 0 Å². The van der Waals surface area contributed by atoms with Crippen molar-refractivity contribution >= 4 is 17.9 Å². The fourth-order valence-corrected chi connectivity index (χ4v) is 5.62. The lowest BCUT2D eigenvalue weighted by atomic mass is 9.80. The number of carboxylic acids is 3. The molecule has 0 aliphatic carbocycles. The van der Waals surface area contributed by atoms with Crippen LogP contribution >= 0.6 is 0 Å². The van der Waals surface area contributed by atoms with E-state index in [1.54, 1.807) is 36.4 Å². The van der Waals surface area contributed by atoms with E-state index in [9.17, 15) is 29.7 Å². The second-order valence-electron chi connectivity index (χ2n) is 11.0. The van der Waals surface area contributed by atoms with Crippen molar-refractivity contribution in [2.45, 2.75) is 37.9 Å². The van der Waals surface area contributed by atoms with E-state index in [4.69, 9.17) is 0 Å². The predicted molar refractivity (Wildman–Crippen MR) is 170 cm³/mol. The number of hydrogen-bond donors (Lipinski definition) is 3. The largest absolute Gasteiger partial charge is 0.477 e. The Morgan fingerprint density at radius 2 is 0.804 bits per heavy atom. The van der Waals surface area contributed by atoms with Gasteiger partial charge in [0.2, 0.25) is 0 Å². The smallest absolute Gasteiger partial charge is 0.354 e. The highest BCUT2D eigenvalue weighted by atomic mass is 16.4. The summed E-state index contributed by atoms with van der Waals surface area (Å²) in [5.74, 6) is -3.49. The highest BCUT2D eigenvalue weighted by Crippen LogP contribution is 2.33. The fraction of sp³-hybridized carbons (Fsp3) is 0.167. The Bertz CT molecular complexity index is 1650. The fourth-order valence-electron chi connectivity index (χ4n) is 5.62. The van der Waals surface area contributed by atoms with Gasteiger partial charge in [0.25, 0.3) is 0 Å². The number of carboxylic acid groups (broad SMARTS) is 3. The van der Waals surface area contributed by atoms with Crippen LogP contribution in [0, 0.1) is 0 Å². The van der Waals surface area contributed by atoms with Gasteiger partial charge in [-0.15, -0.1) is 0 Å². The van der Waals surface area contributed by atoms with Crippen LogP contribution in [0.25, 0.3) is 0 Å². The van der Waals surface area contributed by atoms with E-state index in [1.807, 2.05) is 60.7 Å². The lowest BCUT2D eigenvalue weighted by molar-refractivity contribution is 0.0637. The van der Waals surface area contributed by atoms with Gasteiger partial charge < -0.3 is 15.3 Å². The Balaban J connectivity index is 1.74. The molecule has 46 heavy (non-hydrogen) atoms. The Hall–Kier alpha value is -5.74. The topological polar surface area (TPSA) is 154 Å². The van der Waals surface area contributed by atoms with Gasteiger partial charge in [0.15, 0.2) is 0 Å². The summed E-state index contributed by atoms with van der Waals surface area (Å²) >= 11 is 0. The first-order chi connectivity index (χ1) is 22.2. The highest BCUT2D eigenvalue weighted by Gasteiger charge is 2.39. The molecular weight excluding hydrogens is 584 g/mol. The number of carbonyl (C=O) groups is 3. The lowest BCUT2D eigenvalue weighted by Gasteiger charge is -2.45. The van der Waals surface area contributed by atoms with Crippen molar-refractivity contribution in [2.75, 3.05) is 0 Å². The van der Waals surface area contributed by atoms with Gasteiger partial charge >= 0.3 is 17.9 Å². The maximum Gasteiger partial charge on any atom is 0.354 e. The van der Waals surface area contributed by atoms with Gasteiger partial charge in [-0.25, -0.2) is 29.3 Å². The van der Waals surface area contributed by atoms with Crippen LogP contribution in [0.15, 0.2) is 115 Å². The van der Waals surface area contributed by atoms with Crippen molar-refractivity contribution in [1.82, 2.24) is 19.9 Å². The molecule has 0 spiro atoms. The van der Waals surface area contributed by atoms with Crippen LogP contribution in [0.1, 0.15) is 59.7 Å². The van der Waals surface area contributed by atoms with Crippen LogP contribution in [0.2, 0.25) is 0 Å². The van der Waals surface area contributed by atoms with E-state index in [-0.39, 0.29) is 36.3 Å². The molecule has 0 bridgehead atoms. The van der Waals surface area contributed by atoms with Crippen molar-refractivity contribution in [1.29, 1.82) is 0 Å². The highest BCUT2D eigenvalue weighted by molar-refractivity contribution is 5.86. The predicted octanol–water partition coefficient (Wildman–Crippen LogP) is 5.44. The molecule has 3 N–H and O–H groups in total. The second kappa shape index (κ2) is 14.4. The minimum atomic E-state index is -1.16. The Kier molecular flexibility index (Phi) is 9.89.